The third-order valence-corrected chi connectivity index (χ3v) is 5.77. The summed E-state index contributed by atoms with van der Waals surface area (Å²) in [4.78, 5) is 58.3. The van der Waals surface area contributed by atoms with Gasteiger partial charge in [0.15, 0.2) is 0 Å². The first-order chi connectivity index (χ1) is 16.0. The van der Waals surface area contributed by atoms with Gasteiger partial charge < -0.3 is 25.8 Å². The molecule has 2 aliphatic heterocycles. The lowest BCUT2D eigenvalue weighted by Crippen LogP contribution is -2.64. The summed E-state index contributed by atoms with van der Waals surface area (Å²) in [7, 11) is 0. The van der Waals surface area contributed by atoms with Crippen molar-refractivity contribution in [2.75, 3.05) is 31.5 Å². The van der Waals surface area contributed by atoms with Gasteiger partial charge in [0.2, 0.25) is 11.8 Å². The third-order valence-electron chi connectivity index (χ3n) is 5.77. The van der Waals surface area contributed by atoms with Gasteiger partial charge in [-0.15, -0.1) is 0 Å². The topological polar surface area (TPSA) is 124 Å². The summed E-state index contributed by atoms with van der Waals surface area (Å²) in [5.74, 6) is -1.06. The zero-order chi connectivity index (χ0) is 23.2. The first-order valence-electron chi connectivity index (χ1n) is 10.9. The predicted octanol–water partition coefficient (Wildman–Crippen LogP) is 0.835. The number of carbonyl (C=O) groups excluding carboxylic acids is 4. The van der Waals surface area contributed by atoms with E-state index in [2.05, 4.69) is 20.9 Å². The van der Waals surface area contributed by atoms with E-state index in [1.54, 1.807) is 30.5 Å². The van der Waals surface area contributed by atoms with E-state index in [1.807, 2.05) is 18.2 Å². The highest BCUT2D eigenvalue weighted by Gasteiger charge is 2.39. The molecule has 1 aromatic heterocycles. The van der Waals surface area contributed by atoms with Gasteiger partial charge in [0.25, 0.3) is 5.91 Å². The Balaban J connectivity index is 1.51. The van der Waals surface area contributed by atoms with Crippen molar-refractivity contribution < 1.29 is 19.2 Å². The normalized spacial score (nSPS) is 20.5. The van der Waals surface area contributed by atoms with Gasteiger partial charge >= 0.3 is 6.03 Å². The van der Waals surface area contributed by atoms with Crippen molar-refractivity contribution in [3.8, 4) is 0 Å². The molecule has 2 aromatic rings. The lowest BCUT2D eigenvalue weighted by atomic mass is 10.0. The summed E-state index contributed by atoms with van der Waals surface area (Å²) in [5, 5.41) is 8.32. The summed E-state index contributed by atoms with van der Waals surface area (Å²) in [6.07, 6.45) is 4.29. The molecule has 5 amide bonds. The van der Waals surface area contributed by atoms with Gasteiger partial charge in [-0.2, -0.15) is 0 Å². The molecule has 2 aliphatic rings. The Morgan fingerprint density at radius 2 is 1.88 bits per heavy atom. The Kier molecular flexibility index (Phi) is 6.82. The number of hydrogen-bond donors (Lipinski definition) is 3. The molecule has 1 aromatic carbocycles. The van der Waals surface area contributed by atoms with Crippen LogP contribution in [-0.2, 0) is 9.59 Å². The van der Waals surface area contributed by atoms with E-state index < -0.39 is 18.0 Å². The number of hydrogen-bond acceptors (Lipinski definition) is 5. The average Bonchev–Trinajstić information content (AvgIpc) is 2.85. The molecule has 4 rings (SSSR count). The molecule has 10 heteroatoms. The lowest BCUT2D eigenvalue weighted by Gasteiger charge is -2.41. The molecule has 10 nitrogen and oxygen atoms in total. The minimum absolute atomic E-state index is 0.00480. The molecule has 0 bridgehead atoms. The third kappa shape index (κ3) is 5.28. The van der Waals surface area contributed by atoms with Gasteiger partial charge in [0, 0.05) is 37.7 Å². The second-order valence-corrected chi connectivity index (χ2v) is 7.99. The largest absolute Gasteiger partial charge is 0.354 e. The quantitative estimate of drug-likeness (QED) is 0.637. The zero-order valence-corrected chi connectivity index (χ0v) is 18.1. The number of aromatic nitrogens is 1. The predicted molar refractivity (Wildman–Crippen MR) is 120 cm³/mol. The van der Waals surface area contributed by atoms with Crippen LogP contribution in [0.1, 0.15) is 23.2 Å². The molecule has 0 aliphatic carbocycles. The molecule has 172 valence electrons. The van der Waals surface area contributed by atoms with E-state index in [0.29, 0.717) is 24.2 Å². The van der Waals surface area contributed by atoms with Gasteiger partial charge in [-0.05, 0) is 37.1 Å². The second-order valence-electron chi connectivity index (χ2n) is 7.99. The van der Waals surface area contributed by atoms with Crippen LogP contribution in [0.25, 0.3) is 0 Å². The van der Waals surface area contributed by atoms with Gasteiger partial charge in [0.1, 0.15) is 12.1 Å². The van der Waals surface area contributed by atoms with Crippen molar-refractivity contribution in [2.45, 2.75) is 24.9 Å². The molecule has 2 saturated heterocycles. The van der Waals surface area contributed by atoms with Crippen LogP contribution in [0.5, 0.6) is 0 Å². The summed E-state index contributed by atoms with van der Waals surface area (Å²) in [6, 6.07) is 10.3. The number of anilines is 1. The molecule has 2 unspecified atom stereocenters. The molecular weight excluding hydrogens is 424 g/mol. The van der Waals surface area contributed by atoms with Crippen LogP contribution >= 0.6 is 0 Å². The smallest absolute Gasteiger partial charge is 0.321 e. The summed E-state index contributed by atoms with van der Waals surface area (Å²) >= 11 is 0. The highest BCUT2D eigenvalue weighted by molar-refractivity contribution is 5.99. The SMILES string of the molecule is O=C1NCCCC1NC(=O)C1CN(C(=O)Nc2ccccc2)CCN1C(=O)c1cccnc1. The van der Waals surface area contributed by atoms with E-state index >= 15 is 0 Å². The first kappa shape index (κ1) is 22.3. The number of carbonyl (C=O) groups is 4. The Labute approximate surface area is 191 Å². The van der Waals surface area contributed by atoms with Crippen molar-refractivity contribution >= 4 is 29.4 Å². The number of para-hydroxylation sites is 1. The van der Waals surface area contributed by atoms with Crippen molar-refractivity contribution in [2.24, 2.45) is 0 Å². The van der Waals surface area contributed by atoms with Gasteiger partial charge in [0.05, 0.1) is 12.1 Å². The molecule has 3 N–H and O–H groups in total. The van der Waals surface area contributed by atoms with E-state index in [4.69, 9.17) is 0 Å². The van der Waals surface area contributed by atoms with Crippen molar-refractivity contribution in [1.82, 2.24) is 25.4 Å². The van der Waals surface area contributed by atoms with E-state index in [9.17, 15) is 19.2 Å². The fourth-order valence-electron chi connectivity index (χ4n) is 3.99. The van der Waals surface area contributed by atoms with E-state index in [1.165, 1.54) is 16.0 Å². The maximum absolute atomic E-state index is 13.2. The van der Waals surface area contributed by atoms with E-state index in [-0.39, 0.29) is 37.5 Å². The van der Waals surface area contributed by atoms with Gasteiger partial charge in [-0.1, -0.05) is 18.2 Å². The van der Waals surface area contributed by atoms with Crippen molar-refractivity contribution in [1.29, 1.82) is 0 Å². The molecule has 2 fully saturated rings. The number of piperidine rings is 1. The molecule has 3 heterocycles. The van der Waals surface area contributed by atoms with Crippen LogP contribution in [0.2, 0.25) is 0 Å². The molecular formula is C23H26N6O4. The van der Waals surface area contributed by atoms with Crippen LogP contribution in [-0.4, -0.2) is 76.8 Å². The minimum atomic E-state index is -0.942. The second kappa shape index (κ2) is 10.1. The zero-order valence-electron chi connectivity index (χ0n) is 18.1. The number of rotatable bonds is 4. The number of nitrogens with one attached hydrogen (secondary N) is 3. The molecule has 0 saturated carbocycles. The molecule has 0 spiro atoms. The summed E-state index contributed by atoms with van der Waals surface area (Å²) < 4.78 is 0. The highest BCUT2D eigenvalue weighted by atomic mass is 16.2. The number of pyridine rings is 1. The Morgan fingerprint density at radius 1 is 1.06 bits per heavy atom. The van der Waals surface area contributed by atoms with Crippen molar-refractivity contribution in [3.05, 3.63) is 60.4 Å². The standard InChI is InChI=1S/C23H26N6O4/c30-20-18(9-5-11-25-20)27-21(31)19-15-28(23(33)26-17-7-2-1-3-8-17)12-13-29(19)22(32)16-6-4-10-24-14-16/h1-4,6-8,10,14,18-19H,5,9,11-13,15H2,(H,25,30)(H,26,33)(H,27,31). The number of nitrogens with zero attached hydrogens (tertiary/aromatic N) is 3. The maximum atomic E-state index is 13.2. The fraction of sp³-hybridized carbons (Fsp3) is 0.348. The highest BCUT2D eigenvalue weighted by Crippen LogP contribution is 2.17. The summed E-state index contributed by atoms with van der Waals surface area (Å²) in [5.41, 5.74) is 0.990. The number of urea groups is 1. The van der Waals surface area contributed by atoms with Crippen LogP contribution in [0.15, 0.2) is 54.9 Å². The van der Waals surface area contributed by atoms with E-state index in [0.717, 1.165) is 6.42 Å². The van der Waals surface area contributed by atoms with Crippen LogP contribution in [0, 0.1) is 0 Å². The first-order valence-corrected chi connectivity index (χ1v) is 10.9. The Morgan fingerprint density at radius 3 is 2.61 bits per heavy atom. The maximum Gasteiger partial charge on any atom is 0.321 e. The van der Waals surface area contributed by atoms with Crippen LogP contribution in [0.3, 0.4) is 0 Å². The number of benzene rings is 1. The van der Waals surface area contributed by atoms with Crippen LogP contribution < -0.4 is 16.0 Å². The number of piperazine rings is 1. The molecule has 2 atom stereocenters. The fourth-order valence-corrected chi connectivity index (χ4v) is 3.99. The Bertz CT molecular complexity index is 1020. The monoisotopic (exact) mass is 450 g/mol. The lowest BCUT2D eigenvalue weighted by molar-refractivity contribution is -0.133. The Hall–Kier alpha value is -3.95. The van der Waals surface area contributed by atoms with Gasteiger partial charge in [-0.3, -0.25) is 19.4 Å². The number of amides is 5. The molecule has 0 radical (unpaired) electrons. The van der Waals surface area contributed by atoms with Crippen molar-refractivity contribution in [3.63, 3.8) is 0 Å². The summed E-state index contributed by atoms with van der Waals surface area (Å²) in [6.45, 7) is 1.02. The minimum Gasteiger partial charge on any atom is -0.354 e. The van der Waals surface area contributed by atoms with Crippen LogP contribution in [0.4, 0.5) is 10.5 Å². The average molecular weight is 450 g/mol. The molecule has 33 heavy (non-hydrogen) atoms. The van der Waals surface area contributed by atoms with Gasteiger partial charge in [-0.25, -0.2) is 4.79 Å².